The second kappa shape index (κ2) is 8.03. The van der Waals surface area contributed by atoms with Crippen LogP contribution in [0.4, 0.5) is 4.79 Å². The van der Waals surface area contributed by atoms with Gasteiger partial charge in [0.2, 0.25) is 0 Å². The first-order chi connectivity index (χ1) is 10.2. The Balaban J connectivity index is 2.42. The number of carbonyl (C=O) groups excluding carboxylic acids is 1. The molecule has 0 aromatic heterocycles. The van der Waals surface area contributed by atoms with Gasteiger partial charge in [-0.2, -0.15) is 0 Å². The van der Waals surface area contributed by atoms with E-state index in [1.807, 2.05) is 39.8 Å². The highest BCUT2D eigenvalue weighted by Gasteiger charge is 2.16. The summed E-state index contributed by atoms with van der Waals surface area (Å²) in [5, 5.41) is 6.13. The maximum Gasteiger partial charge on any atom is 0.407 e. The van der Waals surface area contributed by atoms with E-state index in [2.05, 4.69) is 23.6 Å². The lowest BCUT2D eigenvalue weighted by atomic mass is 10.1. The molecule has 0 saturated heterocycles. The summed E-state index contributed by atoms with van der Waals surface area (Å²) in [6, 6.07) is 6.21. The van der Waals surface area contributed by atoms with Crippen molar-refractivity contribution >= 4 is 6.09 Å². The van der Waals surface area contributed by atoms with Gasteiger partial charge in [-0.1, -0.05) is 17.7 Å². The number of methoxy groups -OCH3 is 1. The Bertz CT molecular complexity index is 495. The Morgan fingerprint density at radius 1 is 1.32 bits per heavy atom. The van der Waals surface area contributed by atoms with E-state index in [0.717, 1.165) is 11.3 Å². The average molecular weight is 308 g/mol. The van der Waals surface area contributed by atoms with E-state index in [1.54, 1.807) is 7.11 Å². The Morgan fingerprint density at radius 3 is 2.59 bits per heavy atom. The Labute approximate surface area is 133 Å². The number of rotatable bonds is 6. The molecule has 0 spiro atoms. The van der Waals surface area contributed by atoms with Crippen LogP contribution >= 0.6 is 0 Å². The fourth-order valence-electron chi connectivity index (χ4n) is 1.95. The smallest absolute Gasteiger partial charge is 0.407 e. The quantitative estimate of drug-likeness (QED) is 0.848. The SMILES string of the molecule is COc1ccc(C)cc1CNC(C)CNC(=O)OC(C)(C)C. The van der Waals surface area contributed by atoms with Crippen LogP contribution < -0.4 is 15.4 Å². The highest BCUT2D eigenvalue weighted by Crippen LogP contribution is 2.19. The molecule has 0 heterocycles. The zero-order valence-corrected chi connectivity index (χ0v) is 14.4. The number of benzene rings is 1. The molecule has 5 nitrogen and oxygen atoms in total. The van der Waals surface area contributed by atoms with Crippen molar-refractivity contribution in [2.45, 2.75) is 52.8 Å². The second-order valence-corrected chi connectivity index (χ2v) is 6.48. The predicted molar refractivity (Wildman–Crippen MR) is 88.3 cm³/mol. The molecule has 1 aromatic carbocycles. The van der Waals surface area contributed by atoms with Crippen LogP contribution in [0.5, 0.6) is 5.75 Å². The number of ether oxygens (including phenoxy) is 2. The number of alkyl carbamates (subject to hydrolysis) is 1. The topological polar surface area (TPSA) is 59.6 Å². The Kier molecular flexibility index (Phi) is 6.68. The number of nitrogens with one attached hydrogen (secondary N) is 2. The first-order valence-electron chi connectivity index (χ1n) is 7.55. The van der Waals surface area contributed by atoms with E-state index in [4.69, 9.17) is 9.47 Å². The number of carbonyl (C=O) groups is 1. The summed E-state index contributed by atoms with van der Waals surface area (Å²) < 4.78 is 10.6. The minimum Gasteiger partial charge on any atom is -0.496 e. The van der Waals surface area contributed by atoms with Crippen LogP contribution in [0.15, 0.2) is 18.2 Å². The molecule has 0 aliphatic rings. The van der Waals surface area contributed by atoms with Gasteiger partial charge in [0.15, 0.2) is 0 Å². The van der Waals surface area contributed by atoms with Crippen molar-refractivity contribution in [1.82, 2.24) is 10.6 Å². The standard InChI is InChI=1S/C17H28N2O3/c1-12-7-8-15(21-6)14(9-12)11-18-13(2)10-19-16(20)22-17(3,4)5/h7-9,13,18H,10-11H2,1-6H3,(H,19,20). The van der Waals surface area contributed by atoms with Crippen LogP contribution in [0.3, 0.4) is 0 Å². The molecule has 1 rings (SSSR count). The lowest BCUT2D eigenvalue weighted by Crippen LogP contribution is -2.41. The molecule has 124 valence electrons. The third-order valence-corrected chi connectivity index (χ3v) is 3.03. The number of aryl methyl sites for hydroxylation is 1. The fraction of sp³-hybridized carbons (Fsp3) is 0.588. The Hall–Kier alpha value is -1.75. The summed E-state index contributed by atoms with van der Waals surface area (Å²) in [5.74, 6) is 0.866. The molecule has 1 aromatic rings. The van der Waals surface area contributed by atoms with Crippen LogP contribution in [0.2, 0.25) is 0 Å². The number of hydrogen-bond acceptors (Lipinski definition) is 4. The highest BCUT2D eigenvalue weighted by atomic mass is 16.6. The second-order valence-electron chi connectivity index (χ2n) is 6.48. The van der Waals surface area contributed by atoms with Crippen LogP contribution in [-0.2, 0) is 11.3 Å². The molecule has 5 heteroatoms. The van der Waals surface area contributed by atoms with Gasteiger partial charge in [-0.25, -0.2) is 4.79 Å². The fourth-order valence-corrected chi connectivity index (χ4v) is 1.95. The molecule has 0 radical (unpaired) electrons. The van der Waals surface area contributed by atoms with E-state index < -0.39 is 11.7 Å². The van der Waals surface area contributed by atoms with Gasteiger partial charge >= 0.3 is 6.09 Å². The van der Waals surface area contributed by atoms with Crippen molar-refractivity contribution in [3.63, 3.8) is 0 Å². The lowest BCUT2D eigenvalue weighted by Gasteiger charge is -2.21. The maximum absolute atomic E-state index is 11.6. The number of amides is 1. The summed E-state index contributed by atoms with van der Waals surface area (Å²) in [5.41, 5.74) is 1.82. The molecule has 1 unspecified atom stereocenters. The molecule has 0 bridgehead atoms. The average Bonchev–Trinajstić information content (AvgIpc) is 2.41. The van der Waals surface area contributed by atoms with Gasteiger partial charge in [-0.05, 0) is 40.7 Å². The molecular formula is C17H28N2O3. The molecule has 2 N–H and O–H groups in total. The van der Waals surface area contributed by atoms with Gasteiger partial charge in [0.25, 0.3) is 0 Å². The molecule has 1 atom stereocenters. The van der Waals surface area contributed by atoms with Crippen molar-refractivity contribution in [3.05, 3.63) is 29.3 Å². The maximum atomic E-state index is 11.6. The summed E-state index contributed by atoms with van der Waals surface area (Å²) in [6.07, 6.45) is -0.394. The summed E-state index contributed by atoms with van der Waals surface area (Å²) in [7, 11) is 1.67. The minimum absolute atomic E-state index is 0.123. The monoisotopic (exact) mass is 308 g/mol. The van der Waals surface area contributed by atoms with Gasteiger partial charge < -0.3 is 20.1 Å². The normalized spacial score (nSPS) is 12.6. The lowest BCUT2D eigenvalue weighted by molar-refractivity contribution is 0.0523. The van der Waals surface area contributed by atoms with Crippen molar-refractivity contribution in [1.29, 1.82) is 0 Å². The van der Waals surface area contributed by atoms with Crippen LogP contribution in [-0.4, -0.2) is 31.4 Å². The first-order valence-corrected chi connectivity index (χ1v) is 7.55. The zero-order valence-electron chi connectivity index (χ0n) is 14.4. The van der Waals surface area contributed by atoms with Crippen molar-refractivity contribution < 1.29 is 14.3 Å². The summed E-state index contributed by atoms with van der Waals surface area (Å²) in [6.45, 7) is 10.8. The summed E-state index contributed by atoms with van der Waals surface area (Å²) >= 11 is 0. The van der Waals surface area contributed by atoms with Crippen LogP contribution in [0, 0.1) is 6.92 Å². The zero-order chi connectivity index (χ0) is 16.8. The van der Waals surface area contributed by atoms with Gasteiger partial charge in [-0.15, -0.1) is 0 Å². The van der Waals surface area contributed by atoms with E-state index >= 15 is 0 Å². The molecule has 1 amide bonds. The van der Waals surface area contributed by atoms with Crippen molar-refractivity contribution in [3.8, 4) is 5.75 Å². The van der Waals surface area contributed by atoms with Gasteiger partial charge in [0.05, 0.1) is 7.11 Å². The van der Waals surface area contributed by atoms with Gasteiger partial charge in [-0.3, -0.25) is 0 Å². The van der Waals surface area contributed by atoms with Gasteiger partial charge in [0.1, 0.15) is 11.4 Å². The predicted octanol–water partition coefficient (Wildman–Crippen LogP) is 3.01. The van der Waals surface area contributed by atoms with E-state index in [9.17, 15) is 4.79 Å². The molecule has 0 aliphatic heterocycles. The largest absolute Gasteiger partial charge is 0.496 e. The van der Waals surface area contributed by atoms with Crippen LogP contribution in [0.1, 0.15) is 38.8 Å². The third kappa shape index (κ3) is 6.80. The molecule has 0 aliphatic carbocycles. The Morgan fingerprint density at radius 2 is 2.00 bits per heavy atom. The van der Waals surface area contributed by atoms with Crippen molar-refractivity contribution in [2.24, 2.45) is 0 Å². The van der Waals surface area contributed by atoms with E-state index in [1.165, 1.54) is 5.56 Å². The summed E-state index contributed by atoms with van der Waals surface area (Å²) in [4.78, 5) is 11.6. The van der Waals surface area contributed by atoms with Crippen LogP contribution in [0.25, 0.3) is 0 Å². The molecule has 0 fully saturated rings. The van der Waals surface area contributed by atoms with Gasteiger partial charge in [0, 0.05) is 24.7 Å². The molecule has 0 saturated carbocycles. The van der Waals surface area contributed by atoms with E-state index in [0.29, 0.717) is 13.1 Å². The minimum atomic E-state index is -0.477. The third-order valence-electron chi connectivity index (χ3n) is 3.03. The molecule has 22 heavy (non-hydrogen) atoms. The first kappa shape index (κ1) is 18.3. The van der Waals surface area contributed by atoms with E-state index in [-0.39, 0.29) is 6.04 Å². The highest BCUT2D eigenvalue weighted by molar-refractivity contribution is 5.67. The molecular weight excluding hydrogens is 280 g/mol. The van der Waals surface area contributed by atoms with Crippen molar-refractivity contribution in [2.75, 3.05) is 13.7 Å². The number of hydrogen-bond donors (Lipinski definition) is 2.